The van der Waals surface area contributed by atoms with Crippen molar-refractivity contribution in [1.82, 2.24) is 0 Å². The van der Waals surface area contributed by atoms with Crippen LogP contribution >= 0.6 is 0 Å². The Morgan fingerprint density at radius 1 is 1.05 bits per heavy atom. The number of hydrogen-bond acceptors (Lipinski definition) is 3. The molecule has 3 N–H and O–H groups in total. The lowest BCUT2D eigenvalue weighted by Gasteiger charge is -2.09. The first-order chi connectivity index (χ1) is 10.6. The molecule has 4 nitrogen and oxygen atoms in total. The van der Waals surface area contributed by atoms with Gasteiger partial charge < -0.3 is 15.6 Å². The van der Waals surface area contributed by atoms with Gasteiger partial charge in [0.15, 0.2) is 0 Å². The van der Waals surface area contributed by atoms with Crippen LogP contribution in [0.25, 0.3) is 0 Å². The topological polar surface area (TPSA) is 72.5 Å². The van der Waals surface area contributed by atoms with Crippen LogP contribution < -0.4 is 10.5 Å². The molecular formula is C18H23NO3. The van der Waals surface area contributed by atoms with Crippen molar-refractivity contribution in [1.29, 1.82) is 0 Å². The normalized spacial score (nSPS) is 11.0. The predicted molar refractivity (Wildman–Crippen MR) is 87.9 cm³/mol. The minimum Gasteiger partial charge on any atom is -0.489 e. The number of rotatable bonds is 6. The van der Waals surface area contributed by atoms with Crippen LogP contribution in [0, 0.1) is 0 Å². The Labute approximate surface area is 131 Å². The number of carboxylic acid groups (broad SMARTS) is 1. The number of aliphatic carboxylic acids is 1. The molecule has 0 bridgehead atoms. The molecule has 2 rings (SSSR count). The lowest BCUT2D eigenvalue weighted by Crippen LogP contribution is -2.32. The van der Waals surface area contributed by atoms with E-state index in [1.165, 1.54) is 0 Å². The first-order valence-corrected chi connectivity index (χ1v) is 7.39. The summed E-state index contributed by atoms with van der Waals surface area (Å²) >= 11 is 0. The first kappa shape index (κ1) is 17.7. The second kappa shape index (κ2) is 9.58. The van der Waals surface area contributed by atoms with Gasteiger partial charge in [-0.3, -0.25) is 4.79 Å². The summed E-state index contributed by atoms with van der Waals surface area (Å²) in [5.74, 6) is -0.240. The standard InChI is InChI=1S/C16H17NO3.C2H6/c17-15(16(18)19)10-12-6-8-14(9-7-12)20-11-13-4-2-1-3-5-13;1-2/h1-9,15H,10-11,17H2,(H,18,19);1-2H3/t15-;/m0./s1. The molecule has 0 saturated heterocycles. The van der Waals surface area contributed by atoms with E-state index in [2.05, 4.69) is 0 Å². The monoisotopic (exact) mass is 301 g/mol. The molecule has 0 aromatic heterocycles. The zero-order valence-corrected chi connectivity index (χ0v) is 13.0. The van der Waals surface area contributed by atoms with E-state index in [1.54, 1.807) is 0 Å². The largest absolute Gasteiger partial charge is 0.489 e. The van der Waals surface area contributed by atoms with E-state index in [0.717, 1.165) is 16.9 Å². The molecule has 0 aliphatic rings. The lowest BCUT2D eigenvalue weighted by molar-refractivity contribution is -0.138. The molecular weight excluding hydrogens is 278 g/mol. The highest BCUT2D eigenvalue weighted by Crippen LogP contribution is 2.15. The Bertz CT molecular complexity index is 552. The third kappa shape index (κ3) is 5.97. The fourth-order valence-corrected chi connectivity index (χ4v) is 1.80. The van der Waals surface area contributed by atoms with E-state index >= 15 is 0 Å². The van der Waals surface area contributed by atoms with Gasteiger partial charge in [-0.2, -0.15) is 0 Å². The molecule has 0 saturated carbocycles. The maximum absolute atomic E-state index is 10.7. The van der Waals surface area contributed by atoms with Crippen molar-refractivity contribution in [2.24, 2.45) is 5.73 Å². The van der Waals surface area contributed by atoms with Crippen LogP contribution in [0.4, 0.5) is 0 Å². The molecule has 2 aromatic rings. The van der Waals surface area contributed by atoms with Crippen LogP contribution in [0.15, 0.2) is 54.6 Å². The maximum atomic E-state index is 10.7. The van der Waals surface area contributed by atoms with Crippen LogP contribution in [-0.2, 0) is 17.8 Å². The zero-order chi connectivity index (χ0) is 16.4. The van der Waals surface area contributed by atoms with Gasteiger partial charge in [0.25, 0.3) is 0 Å². The highest BCUT2D eigenvalue weighted by molar-refractivity contribution is 5.73. The highest BCUT2D eigenvalue weighted by atomic mass is 16.5. The van der Waals surface area contributed by atoms with Crippen LogP contribution in [0.5, 0.6) is 5.75 Å². The summed E-state index contributed by atoms with van der Waals surface area (Å²) in [6.07, 6.45) is 0.314. The molecule has 0 aliphatic carbocycles. The molecule has 0 heterocycles. The molecule has 22 heavy (non-hydrogen) atoms. The lowest BCUT2D eigenvalue weighted by atomic mass is 10.1. The summed E-state index contributed by atoms with van der Waals surface area (Å²) in [5, 5.41) is 8.76. The Balaban J connectivity index is 0.00000116. The number of benzene rings is 2. The third-order valence-corrected chi connectivity index (χ3v) is 2.94. The van der Waals surface area contributed by atoms with E-state index in [9.17, 15) is 4.79 Å². The van der Waals surface area contributed by atoms with Crippen molar-refractivity contribution in [3.8, 4) is 5.75 Å². The van der Waals surface area contributed by atoms with Gasteiger partial charge in [-0.15, -0.1) is 0 Å². The molecule has 4 heteroatoms. The number of ether oxygens (including phenoxy) is 1. The number of carbonyl (C=O) groups is 1. The average Bonchev–Trinajstić information content (AvgIpc) is 2.57. The van der Waals surface area contributed by atoms with E-state index in [1.807, 2.05) is 68.4 Å². The minimum absolute atomic E-state index is 0.314. The second-order valence-corrected chi connectivity index (χ2v) is 4.57. The van der Waals surface area contributed by atoms with E-state index in [-0.39, 0.29) is 0 Å². The molecule has 118 valence electrons. The summed E-state index contributed by atoms with van der Waals surface area (Å²) < 4.78 is 5.65. The molecule has 0 radical (unpaired) electrons. The van der Waals surface area contributed by atoms with Gasteiger partial charge in [0, 0.05) is 0 Å². The van der Waals surface area contributed by atoms with Crippen molar-refractivity contribution in [2.75, 3.05) is 0 Å². The third-order valence-electron chi connectivity index (χ3n) is 2.94. The van der Waals surface area contributed by atoms with E-state index < -0.39 is 12.0 Å². The van der Waals surface area contributed by atoms with Gasteiger partial charge in [0.1, 0.15) is 18.4 Å². The molecule has 1 atom stereocenters. The van der Waals surface area contributed by atoms with Gasteiger partial charge in [-0.05, 0) is 29.7 Å². The van der Waals surface area contributed by atoms with Gasteiger partial charge in [-0.1, -0.05) is 56.3 Å². The molecule has 0 unspecified atom stereocenters. The molecule has 0 amide bonds. The van der Waals surface area contributed by atoms with Crippen LogP contribution in [0.2, 0.25) is 0 Å². The number of nitrogens with two attached hydrogens (primary N) is 1. The predicted octanol–water partition coefficient (Wildman–Crippen LogP) is 3.25. The summed E-state index contributed by atoms with van der Waals surface area (Å²) in [5.41, 5.74) is 7.47. The Hall–Kier alpha value is -2.33. The Morgan fingerprint density at radius 3 is 2.18 bits per heavy atom. The van der Waals surface area contributed by atoms with Crippen molar-refractivity contribution >= 4 is 5.97 Å². The fourth-order valence-electron chi connectivity index (χ4n) is 1.80. The summed E-state index contributed by atoms with van der Waals surface area (Å²) in [7, 11) is 0. The molecule has 0 fully saturated rings. The fraction of sp³-hybridized carbons (Fsp3) is 0.278. The first-order valence-electron chi connectivity index (χ1n) is 7.39. The van der Waals surface area contributed by atoms with Crippen LogP contribution in [0.3, 0.4) is 0 Å². The SMILES string of the molecule is CC.N[C@@H](Cc1ccc(OCc2ccccc2)cc1)C(=O)O. The van der Waals surface area contributed by atoms with Crippen molar-refractivity contribution < 1.29 is 14.6 Å². The Morgan fingerprint density at radius 2 is 1.64 bits per heavy atom. The number of hydrogen-bond donors (Lipinski definition) is 2. The smallest absolute Gasteiger partial charge is 0.320 e. The van der Waals surface area contributed by atoms with E-state index in [4.69, 9.17) is 15.6 Å². The quantitative estimate of drug-likeness (QED) is 0.859. The van der Waals surface area contributed by atoms with Gasteiger partial charge in [0.2, 0.25) is 0 Å². The van der Waals surface area contributed by atoms with Crippen LogP contribution in [0.1, 0.15) is 25.0 Å². The molecule has 0 spiro atoms. The maximum Gasteiger partial charge on any atom is 0.320 e. The van der Waals surface area contributed by atoms with Crippen molar-refractivity contribution in [3.63, 3.8) is 0 Å². The summed E-state index contributed by atoms with van der Waals surface area (Å²) in [6, 6.07) is 16.4. The van der Waals surface area contributed by atoms with Crippen LogP contribution in [-0.4, -0.2) is 17.1 Å². The molecule has 0 aliphatic heterocycles. The second-order valence-electron chi connectivity index (χ2n) is 4.57. The van der Waals surface area contributed by atoms with E-state index in [0.29, 0.717) is 13.0 Å². The van der Waals surface area contributed by atoms with Crippen molar-refractivity contribution in [3.05, 3.63) is 65.7 Å². The minimum atomic E-state index is -0.991. The molecule has 2 aromatic carbocycles. The summed E-state index contributed by atoms with van der Waals surface area (Å²) in [4.78, 5) is 10.7. The van der Waals surface area contributed by atoms with Gasteiger partial charge in [0.05, 0.1) is 0 Å². The van der Waals surface area contributed by atoms with Gasteiger partial charge >= 0.3 is 5.97 Å². The van der Waals surface area contributed by atoms with Crippen molar-refractivity contribution in [2.45, 2.75) is 32.9 Å². The highest BCUT2D eigenvalue weighted by Gasteiger charge is 2.11. The van der Waals surface area contributed by atoms with Gasteiger partial charge in [-0.25, -0.2) is 0 Å². The number of carboxylic acids is 1. The average molecular weight is 301 g/mol. The zero-order valence-electron chi connectivity index (χ0n) is 13.0. The Kier molecular flexibility index (Phi) is 7.72. The summed E-state index contributed by atoms with van der Waals surface area (Å²) in [6.45, 7) is 4.51.